The topological polar surface area (TPSA) is 0 Å². The molecule has 0 bridgehead atoms. The molecular weight excluding hydrogens is 528 g/mol. The van der Waals surface area contributed by atoms with Gasteiger partial charge in [-0.05, 0) is 110 Å². The van der Waals surface area contributed by atoms with E-state index >= 15 is 0 Å². The number of rotatable bonds is 9. The molecule has 0 radical (unpaired) electrons. The second kappa shape index (κ2) is 13.8. The Morgan fingerprint density at radius 1 is 0.727 bits per heavy atom. The second-order valence-electron chi connectivity index (χ2n) is 11.4. The van der Waals surface area contributed by atoms with Gasteiger partial charge in [-0.25, -0.2) is 0 Å². The molecule has 1 aliphatic carbocycles. The summed E-state index contributed by atoms with van der Waals surface area (Å²) in [7, 11) is 0. The Balaban J connectivity index is 1.31. The maximum absolute atomic E-state index is 4.39. The summed E-state index contributed by atoms with van der Waals surface area (Å²) in [6.45, 7) is 20.8. The van der Waals surface area contributed by atoms with Crippen molar-refractivity contribution in [3.05, 3.63) is 191 Å². The van der Waals surface area contributed by atoms with Crippen LogP contribution in [0.5, 0.6) is 0 Å². The van der Waals surface area contributed by atoms with E-state index in [1.807, 2.05) is 24.3 Å². The van der Waals surface area contributed by atoms with Crippen LogP contribution in [0, 0.1) is 6.92 Å². The predicted molar refractivity (Wildman–Crippen MR) is 195 cm³/mol. The van der Waals surface area contributed by atoms with E-state index in [0.29, 0.717) is 0 Å². The highest BCUT2D eigenvalue weighted by atomic mass is 14.2. The van der Waals surface area contributed by atoms with Crippen LogP contribution in [0.2, 0.25) is 0 Å². The minimum absolute atomic E-state index is 0.993. The molecule has 0 aliphatic heterocycles. The van der Waals surface area contributed by atoms with E-state index in [4.69, 9.17) is 0 Å². The Morgan fingerprint density at radius 3 is 2.18 bits per heavy atom. The van der Waals surface area contributed by atoms with E-state index < -0.39 is 0 Å². The molecule has 0 saturated heterocycles. The van der Waals surface area contributed by atoms with Gasteiger partial charge in [-0.15, -0.1) is 0 Å². The van der Waals surface area contributed by atoms with Crippen LogP contribution in [-0.2, 0) is 0 Å². The highest BCUT2D eigenvalue weighted by Gasteiger charge is 2.10. The third-order valence-corrected chi connectivity index (χ3v) is 8.51. The fourth-order valence-electron chi connectivity index (χ4n) is 5.48. The van der Waals surface area contributed by atoms with Crippen LogP contribution in [0.15, 0.2) is 152 Å². The van der Waals surface area contributed by atoms with Gasteiger partial charge in [0.1, 0.15) is 0 Å². The Morgan fingerprint density at radius 2 is 1.48 bits per heavy atom. The number of hydrogen-bond acceptors (Lipinski definition) is 0. The number of hydrogen-bond donors (Lipinski definition) is 0. The molecule has 216 valence electrons. The van der Waals surface area contributed by atoms with Gasteiger partial charge in [0.25, 0.3) is 0 Å². The molecule has 0 heterocycles. The van der Waals surface area contributed by atoms with Crippen molar-refractivity contribution in [2.75, 3.05) is 0 Å². The summed E-state index contributed by atoms with van der Waals surface area (Å²) in [5, 5.41) is 2.17. The van der Waals surface area contributed by atoms with Gasteiger partial charge in [-0.2, -0.15) is 0 Å². The lowest BCUT2D eigenvalue weighted by atomic mass is 9.89. The van der Waals surface area contributed by atoms with Crippen molar-refractivity contribution in [1.82, 2.24) is 0 Å². The largest absolute Gasteiger partial charge is 0.0985 e. The average molecular weight is 569 g/mol. The molecule has 44 heavy (non-hydrogen) atoms. The van der Waals surface area contributed by atoms with Crippen LogP contribution in [0.4, 0.5) is 0 Å². The van der Waals surface area contributed by atoms with Gasteiger partial charge in [-0.1, -0.05) is 154 Å². The summed E-state index contributed by atoms with van der Waals surface area (Å²) in [6, 6.07) is 32.3. The first-order valence-corrected chi connectivity index (χ1v) is 15.2. The van der Waals surface area contributed by atoms with Crippen molar-refractivity contribution in [3.63, 3.8) is 0 Å². The van der Waals surface area contributed by atoms with E-state index in [2.05, 4.69) is 149 Å². The smallest absolute Gasteiger partial charge is 0.0178 e. The van der Waals surface area contributed by atoms with Crippen LogP contribution in [-0.4, -0.2) is 0 Å². The molecule has 5 rings (SSSR count). The summed E-state index contributed by atoms with van der Waals surface area (Å²) in [5.41, 5.74) is 14.2. The lowest BCUT2D eigenvalue weighted by Crippen LogP contribution is -2.26. The molecule has 0 unspecified atom stereocenters. The van der Waals surface area contributed by atoms with Crippen molar-refractivity contribution in [1.29, 1.82) is 0 Å². The molecule has 0 amide bonds. The molecular formula is C44H40. The van der Waals surface area contributed by atoms with Crippen molar-refractivity contribution < 1.29 is 0 Å². The SMILES string of the molecule is C=CC(=C)C1=CC=C(c2cccc(-c3ccc(/C(C)=C/C=c4/ccc(/C=C\C(=C)c5ccccc5)c(C)c4=C)cc3)c2)CC1. The zero-order valence-electron chi connectivity index (χ0n) is 25.9. The summed E-state index contributed by atoms with van der Waals surface area (Å²) in [4.78, 5) is 0. The zero-order valence-corrected chi connectivity index (χ0v) is 25.9. The third-order valence-electron chi connectivity index (χ3n) is 8.51. The molecule has 0 aromatic heterocycles. The normalized spacial score (nSPS) is 13.9. The van der Waals surface area contributed by atoms with Crippen molar-refractivity contribution in [3.8, 4) is 11.1 Å². The van der Waals surface area contributed by atoms with E-state index in [1.54, 1.807) is 0 Å². The van der Waals surface area contributed by atoms with Gasteiger partial charge in [0, 0.05) is 0 Å². The predicted octanol–water partition coefficient (Wildman–Crippen LogP) is 10.5. The fourth-order valence-corrected chi connectivity index (χ4v) is 5.48. The first kappa shape index (κ1) is 30.3. The lowest BCUT2D eigenvalue weighted by molar-refractivity contribution is 0.995. The molecule has 1 aliphatic rings. The summed E-state index contributed by atoms with van der Waals surface area (Å²) >= 11 is 0. The number of benzene rings is 4. The maximum Gasteiger partial charge on any atom is -0.0178 e. The summed E-state index contributed by atoms with van der Waals surface area (Å²) < 4.78 is 0. The lowest BCUT2D eigenvalue weighted by Gasteiger charge is -2.16. The van der Waals surface area contributed by atoms with Gasteiger partial charge < -0.3 is 0 Å². The minimum Gasteiger partial charge on any atom is -0.0985 e. The Kier molecular flexibility index (Phi) is 9.52. The van der Waals surface area contributed by atoms with E-state index in [1.165, 1.54) is 44.5 Å². The molecule has 0 saturated carbocycles. The van der Waals surface area contributed by atoms with Gasteiger partial charge in [0.05, 0.1) is 0 Å². The fraction of sp³-hybridized carbons (Fsp3) is 0.0909. The molecule has 0 spiro atoms. The second-order valence-corrected chi connectivity index (χ2v) is 11.4. The highest BCUT2D eigenvalue weighted by Crippen LogP contribution is 2.32. The summed E-state index contributed by atoms with van der Waals surface area (Å²) in [6.07, 6.45) is 16.8. The van der Waals surface area contributed by atoms with Gasteiger partial charge in [-0.3, -0.25) is 0 Å². The molecule has 0 nitrogen and oxygen atoms in total. The van der Waals surface area contributed by atoms with Gasteiger partial charge in [0.15, 0.2) is 0 Å². The van der Waals surface area contributed by atoms with Gasteiger partial charge in [0.2, 0.25) is 0 Å². The van der Waals surface area contributed by atoms with E-state index in [0.717, 1.165) is 45.6 Å². The molecule has 0 N–H and O–H groups in total. The quantitative estimate of drug-likeness (QED) is 0.176. The first-order chi connectivity index (χ1) is 21.3. The van der Waals surface area contributed by atoms with Gasteiger partial charge >= 0.3 is 0 Å². The zero-order chi connectivity index (χ0) is 31.1. The molecule has 0 atom stereocenters. The molecule has 0 fully saturated rings. The standard InChI is InChI=1S/C44H40/c1-7-31(2)37-20-26-41(27-21-37)43-14-11-15-44(30-43)42-28-22-38(23-29-42)33(4)17-19-40-25-24-39(34(5)35(40)6)18-16-32(3)36-12-9-8-10-13-36/h7-20,22-26,28-30H,1-3,6,21,27H2,4-5H3/b18-16-,33-17+,40-19-. The van der Waals surface area contributed by atoms with Crippen LogP contribution in [0.25, 0.3) is 46.6 Å². The Hall–Kier alpha value is -5.20. The number of allylic oxidation sites excluding steroid dienone is 10. The average Bonchev–Trinajstić information content (AvgIpc) is 3.08. The van der Waals surface area contributed by atoms with Crippen molar-refractivity contribution in [2.45, 2.75) is 26.7 Å². The maximum atomic E-state index is 4.39. The van der Waals surface area contributed by atoms with Crippen LogP contribution < -0.4 is 10.4 Å². The Bertz CT molecular complexity index is 1950. The van der Waals surface area contributed by atoms with Crippen LogP contribution in [0.3, 0.4) is 0 Å². The van der Waals surface area contributed by atoms with E-state index in [-0.39, 0.29) is 0 Å². The molecule has 4 aromatic rings. The third kappa shape index (κ3) is 7.05. The molecule has 0 heteroatoms. The minimum atomic E-state index is 0.993. The van der Waals surface area contributed by atoms with Crippen LogP contribution in [0.1, 0.15) is 47.6 Å². The summed E-state index contributed by atoms with van der Waals surface area (Å²) in [5.74, 6) is 0. The van der Waals surface area contributed by atoms with Crippen molar-refractivity contribution in [2.24, 2.45) is 0 Å². The van der Waals surface area contributed by atoms with E-state index in [9.17, 15) is 0 Å². The molecule has 4 aromatic carbocycles. The highest BCUT2D eigenvalue weighted by molar-refractivity contribution is 5.79. The van der Waals surface area contributed by atoms with Crippen molar-refractivity contribution >= 4 is 35.5 Å². The monoisotopic (exact) mass is 568 g/mol. The Labute approximate surface area is 263 Å². The first-order valence-electron chi connectivity index (χ1n) is 15.2. The van der Waals surface area contributed by atoms with Crippen LogP contribution >= 0.6 is 0 Å².